The second-order valence-electron chi connectivity index (χ2n) is 4.39. The van der Waals surface area contributed by atoms with Gasteiger partial charge in [-0.15, -0.1) is 5.10 Å². The maximum atomic E-state index is 8.47. The second kappa shape index (κ2) is 5.80. The highest BCUT2D eigenvalue weighted by atomic mass is 15.3. The largest absolute Gasteiger partial charge is 0.339 e. The third-order valence-electron chi connectivity index (χ3n) is 3.04. The monoisotopic (exact) mass is 265 g/mol. The van der Waals surface area contributed by atoms with Crippen LogP contribution in [0.5, 0.6) is 0 Å². The molecule has 0 aromatic carbocycles. The minimum atomic E-state index is 0.632. The van der Waals surface area contributed by atoms with Crippen LogP contribution < -0.4 is 0 Å². The number of nitrogens with one attached hydrogen (secondary N) is 1. The van der Waals surface area contributed by atoms with Gasteiger partial charge in [0.25, 0.3) is 5.39 Å². The Morgan fingerprint density at radius 3 is 1.95 bits per heavy atom. The van der Waals surface area contributed by atoms with Crippen molar-refractivity contribution in [2.24, 2.45) is 15.4 Å². The summed E-state index contributed by atoms with van der Waals surface area (Å²) in [5.41, 5.74) is 12.0. The van der Waals surface area contributed by atoms with Crippen molar-refractivity contribution in [3.8, 4) is 0 Å². The Morgan fingerprint density at radius 1 is 0.950 bits per heavy atom. The minimum absolute atomic E-state index is 0.632. The van der Waals surface area contributed by atoms with Gasteiger partial charge in [-0.25, -0.2) is 0 Å². The van der Waals surface area contributed by atoms with Crippen LogP contribution in [0.2, 0.25) is 0 Å². The molecule has 6 nitrogen and oxygen atoms in total. The van der Waals surface area contributed by atoms with E-state index in [9.17, 15) is 0 Å². The van der Waals surface area contributed by atoms with Crippen molar-refractivity contribution >= 4 is 11.4 Å². The van der Waals surface area contributed by atoms with Crippen molar-refractivity contribution in [3.05, 3.63) is 63.8 Å². The van der Waals surface area contributed by atoms with Crippen molar-refractivity contribution in [1.29, 1.82) is 10.9 Å². The van der Waals surface area contributed by atoms with E-state index in [1.165, 1.54) is 0 Å². The van der Waals surface area contributed by atoms with Crippen LogP contribution in [0.1, 0.15) is 13.8 Å². The van der Waals surface area contributed by atoms with E-state index in [0.717, 1.165) is 22.3 Å². The molecule has 0 radical (unpaired) electrons. The van der Waals surface area contributed by atoms with Crippen LogP contribution in [0.3, 0.4) is 0 Å². The molecule has 0 heterocycles. The van der Waals surface area contributed by atoms with Gasteiger partial charge >= 0.3 is 5.08 Å². The third kappa shape index (κ3) is 2.72. The molecule has 0 bridgehead atoms. The van der Waals surface area contributed by atoms with Gasteiger partial charge in [0.2, 0.25) is 0 Å². The lowest BCUT2D eigenvalue weighted by molar-refractivity contribution is 0.989. The molecule has 0 atom stereocenters. The van der Waals surface area contributed by atoms with Crippen molar-refractivity contribution < 1.29 is 0 Å². The highest BCUT2D eigenvalue weighted by Gasteiger charge is 2.13. The second-order valence-corrected chi connectivity index (χ2v) is 4.39. The Morgan fingerprint density at radius 2 is 1.50 bits per heavy atom. The first-order chi connectivity index (χ1) is 9.65. The average molecular weight is 265 g/mol. The normalized spacial score (nSPS) is 25.4. The van der Waals surface area contributed by atoms with E-state index in [1.807, 2.05) is 44.2 Å². The first-order valence-corrected chi connectivity index (χ1v) is 6.00. The lowest BCUT2D eigenvalue weighted by Crippen LogP contribution is -2.04. The Hall–Kier alpha value is -2.94. The number of hydrogen-bond donors (Lipinski definition) is 1. The number of allylic oxidation sites excluding steroid dienone is 10. The third-order valence-corrected chi connectivity index (χ3v) is 3.04. The van der Waals surface area contributed by atoms with E-state index in [4.69, 9.17) is 10.9 Å². The van der Waals surface area contributed by atoms with Crippen molar-refractivity contribution in [2.45, 2.75) is 13.8 Å². The predicted octanol–water partition coefficient (Wildman–Crippen LogP) is 3.91. The highest BCUT2D eigenvalue weighted by Crippen LogP contribution is 2.23. The summed E-state index contributed by atoms with van der Waals surface area (Å²) in [6.07, 6.45) is 11.4. The Bertz CT molecular complexity index is 704. The molecule has 98 valence electrons. The predicted molar refractivity (Wildman–Crippen MR) is 77.9 cm³/mol. The quantitative estimate of drug-likeness (QED) is 0.434. The summed E-state index contributed by atoms with van der Waals surface area (Å²) < 4.78 is 0. The van der Waals surface area contributed by atoms with Crippen molar-refractivity contribution in [3.63, 3.8) is 0 Å². The zero-order valence-corrected chi connectivity index (χ0v) is 11.2. The molecule has 0 aromatic heterocycles. The van der Waals surface area contributed by atoms with Gasteiger partial charge in [0, 0.05) is 0 Å². The summed E-state index contributed by atoms with van der Waals surface area (Å²) in [4.78, 5) is 0. The van der Waals surface area contributed by atoms with Gasteiger partial charge < -0.3 is 0 Å². The summed E-state index contributed by atoms with van der Waals surface area (Å²) in [5, 5.41) is 21.7. The van der Waals surface area contributed by atoms with E-state index in [-0.39, 0.29) is 0 Å². The fraction of sp³-hybridized carbons (Fsp3) is 0.143. The topological polar surface area (TPSA) is 89.1 Å². The van der Waals surface area contributed by atoms with E-state index in [0.29, 0.717) is 11.4 Å². The van der Waals surface area contributed by atoms with E-state index >= 15 is 0 Å². The maximum Gasteiger partial charge on any atom is 0.339 e. The number of rotatable bonds is 1. The first-order valence-electron chi connectivity index (χ1n) is 6.00. The molecule has 0 amide bonds. The molecular weight excluding hydrogens is 252 g/mol. The van der Waals surface area contributed by atoms with Gasteiger partial charge in [-0.3, -0.25) is 0 Å². The van der Waals surface area contributed by atoms with Crippen LogP contribution in [-0.2, 0) is 0 Å². The lowest BCUT2D eigenvalue weighted by Gasteiger charge is -2.12. The molecule has 2 rings (SSSR count). The smallest absolute Gasteiger partial charge is 0.185 e. The maximum absolute atomic E-state index is 8.47. The summed E-state index contributed by atoms with van der Waals surface area (Å²) in [6, 6.07) is 0. The van der Waals surface area contributed by atoms with E-state index in [2.05, 4.69) is 20.5 Å². The number of hydrogen-bond acceptors (Lipinski definition) is 4. The van der Waals surface area contributed by atoms with Crippen molar-refractivity contribution in [2.75, 3.05) is 0 Å². The standard InChI is InChI=1S/C14H13N6/c1-9-7-11(3-5-13(9)17-19-15)12-4-6-14(18-20-16)10(2)8-12/h3-8,15H,1-2H3/q+1. The molecular formula is C14H13N6+. The van der Waals surface area contributed by atoms with Crippen LogP contribution in [-0.4, -0.2) is 11.4 Å². The van der Waals surface area contributed by atoms with E-state index in [1.54, 1.807) is 6.08 Å². The Labute approximate surface area is 116 Å². The molecule has 0 unspecified atom stereocenters. The van der Waals surface area contributed by atoms with Crippen LogP contribution in [0, 0.1) is 10.9 Å². The number of nitrogens with zero attached hydrogens (tertiary/aromatic N) is 5. The molecule has 2 aliphatic carbocycles. The molecule has 0 aliphatic heterocycles. The minimum Gasteiger partial charge on any atom is -0.185 e. The highest BCUT2D eigenvalue weighted by molar-refractivity contribution is 6.11. The Kier molecular flexibility index (Phi) is 3.91. The molecule has 0 saturated carbocycles. The van der Waals surface area contributed by atoms with Gasteiger partial charge in [-0.05, 0) is 60.4 Å². The van der Waals surface area contributed by atoms with Crippen LogP contribution in [0.4, 0.5) is 0 Å². The summed E-state index contributed by atoms with van der Waals surface area (Å²) >= 11 is 0. The van der Waals surface area contributed by atoms with Gasteiger partial charge in [-0.2, -0.15) is 5.53 Å². The van der Waals surface area contributed by atoms with E-state index < -0.39 is 0 Å². The van der Waals surface area contributed by atoms with Crippen LogP contribution in [0.15, 0.2) is 74.2 Å². The van der Waals surface area contributed by atoms with Gasteiger partial charge in [0.05, 0.1) is 5.71 Å². The summed E-state index contributed by atoms with van der Waals surface area (Å²) in [6.45, 7) is 3.83. The molecule has 0 fully saturated rings. The molecule has 6 heteroatoms. The average Bonchev–Trinajstić information content (AvgIpc) is 2.44. The Balaban J connectivity index is 2.40. The lowest BCUT2D eigenvalue weighted by atomic mass is 9.93. The first kappa shape index (κ1) is 13.5. The fourth-order valence-corrected chi connectivity index (χ4v) is 2.00. The molecule has 0 spiro atoms. The summed E-state index contributed by atoms with van der Waals surface area (Å²) in [5.74, 6) is 0. The van der Waals surface area contributed by atoms with Gasteiger partial charge in [0.15, 0.2) is 10.8 Å². The zero-order chi connectivity index (χ0) is 14.5. The van der Waals surface area contributed by atoms with Crippen molar-refractivity contribution in [1.82, 2.24) is 0 Å². The molecule has 1 N–H and O–H groups in total. The fourth-order valence-electron chi connectivity index (χ4n) is 2.00. The van der Waals surface area contributed by atoms with Crippen LogP contribution >= 0.6 is 0 Å². The molecule has 2 aliphatic rings. The van der Waals surface area contributed by atoms with Gasteiger partial charge in [-0.1, -0.05) is 17.4 Å². The number of diazo groups is 1. The van der Waals surface area contributed by atoms with Crippen LogP contribution in [0.25, 0.3) is 5.08 Å². The molecule has 0 saturated heterocycles. The SMILES string of the molecule is CC1=CC(=C2C=CC(=N[N+]#N)C(C)=C2)C=CC1=NN=N. The molecule has 0 aromatic rings. The summed E-state index contributed by atoms with van der Waals surface area (Å²) in [7, 11) is 0. The molecule has 20 heavy (non-hydrogen) atoms. The van der Waals surface area contributed by atoms with Gasteiger partial charge in [0.1, 0.15) is 0 Å². The zero-order valence-electron chi connectivity index (χ0n) is 11.2.